The van der Waals surface area contributed by atoms with E-state index in [9.17, 15) is 23.2 Å². The number of hydrogen-bond donors (Lipinski definition) is 1. The number of Topliss-reactive ketones (excluding diaryl/α,β-unsaturated/α-hetero) is 1. The molecule has 0 unspecified atom stereocenters. The van der Waals surface area contributed by atoms with Crippen LogP contribution < -0.4 is 20.3 Å². The van der Waals surface area contributed by atoms with E-state index >= 15 is 4.39 Å². The van der Waals surface area contributed by atoms with Gasteiger partial charge in [-0.1, -0.05) is 20.8 Å². The van der Waals surface area contributed by atoms with Crippen molar-refractivity contribution in [1.29, 1.82) is 0 Å². The van der Waals surface area contributed by atoms with Gasteiger partial charge in [0.05, 0.1) is 18.0 Å². The van der Waals surface area contributed by atoms with Gasteiger partial charge in [0.15, 0.2) is 17.4 Å². The van der Waals surface area contributed by atoms with Crippen molar-refractivity contribution in [2.75, 3.05) is 11.9 Å². The van der Waals surface area contributed by atoms with Crippen molar-refractivity contribution in [2.45, 2.75) is 34.1 Å². The number of carbonyl (C=O) groups excluding carboxylic acids is 2. The molecule has 2 aromatic carbocycles. The van der Waals surface area contributed by atoms with Crippen LogP contribution in [0.15, 0.2) is 71.8 Å². The first-order chi connectivity index (χ1) is 19.9. The number of ether oxygens (including phenoxy) is 2. The molecule has 8 nitrogen and oxygen atoms in total. The molecule has 0 aliphatic rings. The van der Waals surface area contributed by atoms with Gasteiger partial charge in [0, 0.05) is 48.1 Å². The Morgan fingerprint density at radius 2 is 1.67 bits per heavy atom. The number of rotatable bonds is 9. The summed E-state index contributed by atoms with van der Waals surface area (Å²) >= 11 is 0. The van der Waals surface area contributed by atoms with Crippen LogP contribution in [-0.4, -0.2) is 27.8 Å². The highest BCUT2D eigenvalue weighted by molar-refractivity contribution is 6.06. The molecule has 2 heterocycles. The maximum Gasteiger partial charge on any atom is 0.271 e. The minimum Gasteiger partial charge on any atom is -0.493 e. The number of nitrogens with one attached hydrogen (secondary N) is 1. The second kappa shape index (κ2) is 12.3. The van der Waals surface area contributed by atoms with Crippen LogP contribution in [0.4, 0.5) is 18.9 Å². The second-order valence-corrected chi connectivity index (χ2v) is 10.3. The van der Waals surface area contributed by atoms with Crippen LogP contribution in [0.3, 0.4) is 0 Å². The van der Waals surface area contributed by atoms with Gasteiger partial charge in [0.25, 0.3) is 11.5 Å². The normalized spacial score (nSPS) is 11.2. The zero-order valence-electron chi connectivity index (χ0n) is 23.3. The fraction of sp³-hybridized carbons (Fsp3) is 0.226. The standard InChI is InChI=1S/C31H28F3N3O5/c1-5-41-25-11-13-37(20-8-6-18(32)7-9-20)30(40)28(25)29(39)36-24-16-23(34)26(17-22(24)33)42-21-10-12-35-19(14-21)15-27(38)31(2,3)4/h6-14,16-17H,5,15H2,1-4H3,(H,36,39). The number of hydrogen-bond acceptors (Lipinski definition) is 6. The second-order valence-electron chi connectivity index (χ2n) is 10.3. The summed E-state index contributed by atoms with van der Waals surface area (Å²) in [4.78, 5) is 42.9. The Labute approximate surface area is 239 Å². The molecular formula is C31H28F3N3O5. The number of ketones is 1. The minimum absolute atomic E-state index is 0.0363. The first kappa shape index (κ1) is 30.0. The van der Waals surface area contributed by atoms with E-state index < -0.39 is 51.3 Å². The fourth-order valence-electron chi connectivity index (χ4n) is 3.87. The van der Waals surface area contributed by atoms with Crippen LogP contribution in [0.1, 0.15) is 43.7 Å². The molecule has 0 bridgehead atoms. The van der Waals surface area contributed by atoms with Crippen LogP contribution in [0, 0.1) is 22.9 Å². The van der Waals surface area contributed by atoms with Crippen LogP contribution in [0.2, 0.25) is 0 Å². The average molecular weight is 580 g/mol. The molecule has 0 saturated carbocycles. The maximum atomic E-state index is 15.1. The quantitative estimate of drug-likeness (QED) is 0.252. The lowest BCUT2D eigenvalue weighted by Crippen LogP contribution is -2.29. The third-order valence-corrected chi connectivity index (χ3v) is 6.15. The van der Waals surface area contributed by atoms with E-state index in [1.165, 1.54) is 42.7 Å². The predicted octanol–water partition coefficient (Wildman–Crippen LogP) is 6.25. The van der Waals surface area contributed by atoms with Crippen LogP contribution in [0.25, 0.3) is 5.69 Å². The smallest absolute Gasteiger partial charge is 0.271 e. The summed E-state index contributed by atoms with van der Waals surface area (Å²) in [6.07, 6.45) is 2.78. The lowest BCUT2D eigenvalue weighted by atomic mass is 9.88. The molecule has 1 amide bonds. The number of aromatic nitrogens is 2. The van der Waals surface area contributed by atoms with Gasteiger partial charge in [-0.2, -0.15) is 0 Å². The Morgan fingerprint density at radius 1 is 0.952 bits per heavy atom. The van der Waals surface area contributed by atoms with E-state index in [1.807, 2.05) is 0 Å². The molecule has 218 valence electrons. The molecule has 0 radical (unpaired) electrons. The van der Waals surface area contributed by atoms with Gasteiger partial charge >= 0.3 is 0 Å². The summed E-state index contributed by atoms with van der Waals surface area (Å²) in [7, 11) is 0. The Kier molecular flexibility index (Phi) is 8.79. The van der Waals surface area contributed by atoms with Gasteiger partial charge in [0.2, 0.25) is 0 Å². The van der Waals surface area contributed by atoms with Crippen molar-refractivity contribution in [3.63, 3.8) is 0 Å². The first-order valence-electron chi connectivity index (χ1n) is 13.0. The van der Waals surface area contributed by atoms with Crippen molar-refractivity contribution in [3.8, 4) is 22.9 Å². The molecule has 0 aliphatic carbocycles. The summed E-state index contributed by atoms with van der Waals surface area (Å²) in [5.74, 6) is -4.07. The third-order valence-electron chi connectivity index (χ3n) is 6.15. The summed E-state index contributed by atoms with van der Waals surface area (Å²) in [5, 5.41) is 2.22. The molecule has 1 N–H and O–H groups in total. The highest BCUT2D eigenvalue weighted by Crippen LogP contribution is 2.30. The predicted molar refractivity (Wildman–Crippen MR) is 150 cm³/mol. The summed E-state index contributed by atoms with van der Waals surface area (Å²) in [5.41, 5.74) is -1.72. The SMILES string of the molecule is CCOc1ccn(-c2ccc(F)cc2)c(=O)c1C(=O)Nc1cc(F)c(Oc2ccnc(CC(=O)C(C)(C)C)c2)cc1F. The number of anilines is 1. The van der Waals surface area contributed by atoms with E-state index in [2.05, 4.69) is 10.3 Å². The number of nitrogens with zero attached hydrogens (tertiary/aromatic N) is 2. The molecule has 2 aromatic heterocycles. The highest BCUT2D eigenvalue weighted by atomic mass is 19.1. The number of pyridine rings is 2. The summed E-state index contributed by atoms with van der Waals surface area (Å²) < 4.78 is 55.5. The van der Waals surface area contributed by atoms with Gasteiger partial charge in [-0.3, -0.25) is 23.9 Å². The van der Waals surface area contributed by atoms with Crippen molar-refractivity contribution in [3.05, 3.63) is 106 Å². The lowest BCUT2D eigenvalue weighted by Gasteiger charge is -2.16. The fourth-order valence-corrected chi connectivity index (χ4v) is 3.87. The molecular weight excluding hydrogens is 551 g/mol. The topological polar surface area (TPSA) is 99.5 Å². The summed E-state index contributed by atoms with van der Waals surface area (Å²) in [6, 6.07) is 10.7. The minimum atomic E-state index is -1.05. The number of benzene rings is 2. The lowest BCUT2D eigenvalue weighted by molar-refractivity contribution is -0.125. The van der Waals surface area contributed by atoms with E-state index in [0.29, 0.717) is 5.69 Å². The average Bonchev–Trinajstić information content (AvgIpc) is 2.92. The largest absolute Gasteiger partial charge is 0.493 e. The van der Waals surface area contributed by atoms with Gasteiger partial charge in [-0.15, -0.1) is 0 Å². The zero-order chi connectivity index (χ0) is 30.6. The third kappa shape index (κ3) is 6.85. The Hall–Kier alpha value is -4.93. The van der Waals surface area contributed by atoms with Gasteiger partial charge in [-0.25, -0.2) is 13.2 Å². The van der Waals surface area contributed by atoms with Gasteiger partial charge in [0.1, 0.15) is 28.7 Å². The van der Waals surface area contributed by atoms with Crippen LogP contribution in [-0.2, 0) is 11.2 Å². The Morgan fingerprint density at radius 3 is 2.33 bits per heavy atom. The Bertz CT molecular complexity index is 1700. The molecule has 42 heavy (non-hydrogen) atoms. The van der Waals surface area contributed by atoms with Crippen molar-refractivity contribution < 1.29 is 32.2 Å². The number of halogens is 3. The number of amides is 1. The van der Waals surface area contributed by atoms with Crippen molar-refractivity contribution in [2.24, 2.45) is 5.41 Å². The summed E-state index contributed by atoms with van der Waals surface area (Å²) in [6.45, 7) is 7.12. The zero-order valence-corrected chi connectivity index (χ0v) is 23.3. The first-order valence-corrected chi connectivity index (χ1v) is 13.0. The van der Waals surface area contributed by atoms with Crippen molar-refractivity contribution in [1.82, 2.24) is 9.55 Å². The maximum absolute atomic E-state index is 15.1. The highest BCUT2D eigenvalue weighted by Gasteiger charge is 2.24. The molecule has 4 aromatic rings. The Balaban J connectivity index is 1.59. The van der Waals surface area contributed by atoms with Gasteiger partial charge < -0.3 is 14.8 Å². The van der Waals surface area contributed by atoms with Crippen molar-refractivity contribution >= 4 is 17.4 Å². The van der Waals surface area contributed by atoms with E-state index in [-0.39, 0.29) is 36.0 Å². The molecule has 11 heteroatoms. The van der Waals surface area contributed by atoms with E-state index in [4.69, 9.17) is 9.47 Å². The van der Waals surface area contributed by atoms with E-state index in [1.54, 1.807) is 27.7 Å². The van der Waals surface area contributed by atoms with E-state index in [0.717, 1.165) is 28.8 Å². The molecule has 0 spiro atoms. The van der Waals surface area contributed by atoms with Crippen LogP contribution >= 0.6 is 0 Å². The van der Waals surface area contributed by atoms with Gasteiger partial charge in [-0.05, 0) is 43.3 Å². The molecule has 0 atom stereocenters. The number of carbonyl (C=O) groups is 2. The van der Waals surface area contributed by atoms with Crippen LogP contribution in [0.5, 0.6) is 17.2 Å². The molecule has 0 fully saturated rings. The molecule has 0 saturated heterocycles. The monoisotopic (exact) mass is 579 g/mol. The molecule has 4 rings (SSSR count). The molecule has 0 aliphatic heterocycles.